The maximum atomic E-state index is 12.7. The van der Waals surface area contributed by atoms with Crippen molar-refractivity contribution in [3.63, 3.8) is 0 Å². The second-order valence-electron chi connectivity index (χ2n) is 6.92. The Kier molecular flexibility index (Phi) is 4.34. The van der Waals surface area contributed by atoms with Gasteiger partial charge in [-0.1, -0.05) is 18.2 Å². The topological polar surface area (TPSA) is 68.4 Å². The fourth-order valence-corrected chi connectivity index (χ4v) is 4.01. The number of aromatic nitrogens is 1. The van der Waals surface area contributed by atoms with E-state index in [1.165, 1.54) is 10.9 Å². The van der Waals surface area contributed by atoms with Gasteiger partial charge >= 0.3 is 6.03 Å². The number of amides is 3. The molecule has 0 saturated carbocycles. The summed E-state index contributed by atoms with van der Waals surface area (Å²) in [5, 5.41) is 4.05. The minimum absolute atomic E-state index is 0.0121. The molecule has 0 radical (unpaired) electrons. The third kappa shape index (κ3) is 3.21. The lowest BCUT2D eigenvalue weighted by atomic mass is 10.0. The van der Waals surface area contributed by atoms with E-state index >= 15 is 0 Å². The molecule has 3 amide bonds. The molecule has 2 N–H and O–H groups in total. The van der Waals surface area contributed by atoms with Crippen LogP contribution in [0.3, 0.4) is 0 Å². The predicted molar refractivity (Wildman–Crippen MR) is 96.3 cm³/mol. The van der Waals surface area contributed by atoms with Crippen LogP contribution in [0, 0.1) is 0 Å². The normalized spacial score (nSPS) is 21.0. The highest BCUT2D eigenvalue weighted by Crippen LogP contribution is 2.21. The summed E-state index contributed by atoms with van der Waals surface area (Å²) in [5.74, 6) is 0.189. The molecule has 132 valence electrons. The number of aromatic amines is 1. The second kappa shape index (κ2) is 6.78. The van der Waals surface area contributed by atoms with Crippen molar-refractivity contribution in [2.45, 2.75) is 31.7 Å². The Morgan fingerprint density at radius 3 is 2.96 bits per heavy atom. The molecule has 2 aromatic rings. The van der Waals surface area contributed by atoms with Crippen molar-refractivity contribution in [1.82, 2.24) is 20.1 Å². The summed E-state index contributed by atoms with van der Waals surface area (Å²) in [4.78, 5) is 31.6. The van der Waals surface area contributed by atoms with E-state index in [4.69, 9.17) is 0 Å². The molecule has 0 spiro atoms. The summed E-state index contributed by atoms with van der Waals surface area (Å²) in [6.07, 6.45) is 5.22. The van der Waals surface area contributed by atoms with Gasteiger partial charge < -0.3 is 20.1 Å². The van der Waals surface area contributed by atoms with Crippen molar-refractivity contribution in [3.05, 3.63) is 36.0 Å². The molecular weight excluding hydrogens is 316 g/mol. The SMILES string of the molecule is O=C(CCc1c[nH]c2ccccc12)N1CCCC(N2CCNC2=O)C1. The number of para-hydroxylation sites is 1. The van der Waals surface area contributed by atoms with Gasteiger partial charge in [0, 0.05) is 49.7 Å². The number of fused-ring (bicyclic) bond motifs is 1. The molecule has 3 heterocycles. The molecule has 0 bridgehead atoms. The van der Waals surface area contributed by atoms with Crippen LogP contribution in [0.25, 0.3) is 10.9 Å². The summed E-state index contributed by atoms with van der Waals surface area (Å²) in [5.41, 5.74) is 2.31. The van der Waals surface area contributed by atoms with Crippen molar-refractivity contribution in [3.8, 4) is 0 Å². The van der Waals surface area contributed by atoms with Crippen molar-refractivity contribution >= 4 is 22.8 Å². The molecule has 25 heavy (non-hydrogen) atoms. The molecule has 1 aromatic heterocycles. The van der Waals surface area contributed by atoms with Crippen LogP contribution in [0.4, 0.5) is 4.79 Å². The van der Waals surface area contributed by atoms with Crippen LogP contribution >= 0.6 is 0 Å². The number of H-pyrrole nitrogens is 1. The number of likely N-dealkylation sites (tertiary alicyclic amines) is 1. The number of hydrogen-bond acceptors (Lipinski definition) is 2. The van der Waals surface area contributed by atoms with Gasteiger partial charge in [0.25, 0.3) is 0 Å². The van der Waals surface area contributed by atoms with Crippen molar-refractivity contribution in [2.75, 3.05) is 26.2 Å². The number of nitrogens with zero attached hydrogens (tertiary/aromatic N) is 2. The molecule has 6 nitrogen and oxygen atoms in total. The van der Waals surface area contributed by atoms with Gasteiger partial charge in [-0.25, -0.2) is 4.79 Å². The summed E-state index contributed by atoms with van der Waals surface area (Å²) in [6, 6.07) is 8.35. The number of benzene rings is 1. The maximum Gasteiger partial charge on any atom is 0.317 e. The fraction of sp³-hybridized carbons (Fsp3) is 0.474. The number of aryl methyl sites for hydroxylation is 1. The minimum Gasteiger partial charge on any atom is -0.361 e. The Hall–Kier alpha value is -2.50. The third-order valence-corrected chi connectivity index (χ3v) is 5.36. The first kappa shape index (κ1) is 16.0. The van der Waals surface area contributed by atoms with Crippen LogP contribution in [0.1, 0.15) is 24.8 Å². The first-order valence-electron chi connectivity index (χ1n) is 9.09. The lowest BCUT2D eigenvalue weighted by Gasteiger charge is -2.37. The fourth-order valence-electron chi connectivity index (χ4n) is 4.01. The van der Waals surface area contributed by atoms with Crippen molar-refractivity contribution in [2.24, 2.45) is 0 Å². The summed E-state index contributed by atoms with van der Waals surface area (Å²) in [7, 11) is 0. The Labute approximate surface area is 147 Å². The van der Waals surface area contributed by atoms with Gasteiger partial charge in [-0.15, -0.1) is 0 Å². The number of piperidine rings is 1. The molecule has 2 aliphatic heterocycles. The molecule has 2 aliphatic rings. The molecule has 1 unspecified atom stereocenters. The molecule has 2 fully saturated rings. The van der Waals surface area contributed by atoms with E-state index in [-0.39, 0.29) is 18.0 Å². The van der Waals surface area contributed by atoms with Crippen LogP contribution in [0.2, 0.25) is 0 Å². The average molecular weight is 340 g/mol. The molecule has 2 saturated heterocycles. The highest BCUT2D eigenvalue weighted by atomic mass is 16.2. The van der Waals surface area contributed by atoms with Crippen LogP contribution in [-0.2, 0) is 11.2 Å². The van der Waals surface area contributed by atoms with Gasteiger partial charge in [-0.05, 0) is 30.9 Å². The van der Waals surface area contributed by atoms with E-state index in [1.807, 2.05) is 28.1 Å². The Morgan fingerprint density at radius 1 is 1.24 bits per heavy atom. The van der Waals surface area contributed by atoms with Gasteiger partial charge in [0.1, 0.15) is 0 Å². The number of nitrogens with one attached hydrogen (secondary N) is 2. The number of carbonyl (C=O) groups excluding carboxylic acids is 2. The number of urea groups is 1. The molecule has 0 aliphatic carbocycles. The molecule has 1 aromatic carbocycles. The number of rotatable bonds is 4. The van der Waals surface area contributed by atoms with E-state index in [0.717, 1.165) is 37.9 Å². The van der Waals surface area contributed by atoms with E-state index in [9.17, 15) is 9.59 Å². The average Bonchev–Trinajstić information content (AvgIpc) is 3.26. The molecule has 4 rings (SSSR count). The quantitative estimate of drug-likeness (QED) is 0.895. The Morgan fingerprint density at radius 2 is 2.12 bits per heavy atom. The second-order valence-corrected chi connectivity index (χ2v) is 6.92. The first-order valence-corrected chi connectivity index (χ1v) is 9.09. The van der Waals surface area contributed by atoms with Crippen LogP contribution in [0.5, 0.6) is 0 Å². The lowest BCUT2D eigenvalue weighted by Crippen LogP contribution is -2.50. The van der Waals surface area contributed by atoms with E-state index < -0.39 is 0 Å². The van der Waals surface area contributed by atoms with Gasteiger partial charge in [0.2, 0.25) is 5.91 Å². The van der Waals surface area contributed by atoms with Gasteiger partial charge in [-0.2, -0.15) is 0 Å². The van der Waals surface area contributed by atoms with Gasteiger partial charge in [0.05, 0.1) is 6.04 Å². The zero-order valence-electron chi connectivity index (χ0n) is 14.3. The summed E-state index contributed by atoms with van der Waals surface area (Å²) < 4.78 is 0. The summed E-state index contributed by atoms with van der Waals surface area (Å²) in [6.45, 7) is 2.93. The monoisotopic (exact) mass is 340 g/mol. The van der Waals surface area contributed by atoms with E-state index in [1.54, 1.807) is 0 Å². The number of carbonyl (C=O) groups is 2. The van der Waals surface area contributed by atoms with Crippen molar-refractivity contribution in [1.29, 1.82) is 0 Å². The zero-order chi connectivity index (χ0) is 17.2. The van der Waals surface area contributed by atoms with Crippen LogP contribution in [0.15, 0.2) is 30.5 Å². The molecule has 6 heteroatoms. The predicted octanol–water partition coefficient (Wildman–Crippen LogP) is 2.12. The first-order chi connectivity index (χ1) is 12.2. The van der Waals surface area contributed by atoms with E-state index in [0.29, 0.717) is 19.5 Å². The van der Waals surface area contributed by atoms with Gasteiger partial charge in [-0.3, -0.25) is 4.79 Å². The highest BCUT2D eigenvalue weighted by molar-refractivity contribution is 5.84. The smallest absolute Gasteiger partial charge is 0.317 e. The lowest BCUT2D eigenvalue weighted by molar-refractivity contribution is -0.133. The highest BCUT2D eigenvalue weighted by Gasteiger charge is 2.32. The Bertz CT molecular complexity index is 785. The standard InChI is InChI=1S/C19H24N4O2/c24-18(8-7-14-12-21-17-6-2-1-5-16(14)17)22-10-3-4-15(13-22)23-11-9-20-19(23)25/h1-2,5-6,12,15,21H,3-4,7-11,13H2,(H,20,25). The van der Waals surface area contributed by atoms with Gasteiger partial charge in [0.15, 0.2) is 0 Å². The molecule has 1 atom stereocenters. The molecular formula is C19H24N4O2. The summed E-state index contributed by atoms with van der Waals surface area (Å²) >= 11 is 0. The maximum absolute atomic E-state index is 12.7. The third-order valence-electron chi connectivity index (χ3n) is 5.36. The minimum atomic E-state index is 0.0121. The Balaban J connectivity index is 1.36. The number of hydrogen-bond donors (Lipinski definition) is 2. The van der Waals surface area contributed by atoms with Crippen LogP contribution in [-0.4, -0.2) is 58.9 Å². The van der Waals surface area contributed by atoms with Crippen molar-refractivity contribution < 1.29 is 9.59 Å². The zero-order valence-corrected chi connectivity index (χ0v) is 14.3. The largest absolute Gasteiger partial charge is 0.361 e. The van der Waals surface area contributed by atoms with E-state index in [2.05, 4.69) is 22.4 Å². The van der Waals surface area contributed by atoms with Crippen LogP contribution < -0.4 is 5.32 Å².